The molecular weight excluding hydrogens is 456 g/mol. The summed E-state index contributed by atoms with van der Waals surface area (Å²) >= 11 is 0. The van der Waals surface area contributed by atoms with Gasteiger partial charge in [0.2, 0.25) is 0 Å². The molecule has 2 aliphatic heterocycles. The molecule has 0 bridgehead atoms. The molecule has 5 rings (SSSR count). The fraction of sp³-hybridized carbons (Fsp3) is 0.379. The van der Waals surface area contributed by atoms with Crippen molar-refractivity contribution >= 4 is 11.8 Å². The minimum atomic E-state index is -0.661. The lowest BCUT2D eigenvalue weighted by Gasteiger charge is -2.37. The molecule has 1 saturated heterocycles. The zero-order chi connectivity index (χ0) is 25.1. The Bertz CT molecular complexity index is 1220. The van der Waals surface area contributed by atoms with Gasteiger partial charge in [-0.3, -0.25) is 9.59 Å². The van der Waals surface area contributed by atoms with Gasteiger partial charge in [0, 0.05) is 19.7 Å². The largest absolute Gasteiger partial charge is 0.481 e. The molecule has 36 heavy (non-hydrogen) atoms. The number of nitrogens with zero attached hydrogens (tertiary/aromatic N) is 1. The number of hydrogen-bond acceptors (Lipinski definition) is 5. The molecule has 7 heteroatoms. The van der Waals surface area contributed by atoms with Crippen LogP contribution in [0.2, 0.25) is 0 Å². The number of nitrogens with one attached hydrogen (secondary N) is 1. The Morgan fingerprint density at radius 1 is 1.17 bits per heavy atom. The number of carbonyl (C=O) groups excluding carboxylic acids is 2. The van der Waals surface area contributed by atoms with E-state index < -0.39 is 6.10 Å². The van der Waals surface area contributed by atoms with Crippen molar-refractivity contribution in [3.05, 3.63) is 88.9 Å². The summed E-state index contributed by atoms with van der Waals surface area (Å²) < 4.78 is 17.1. The molecule has 0 unspecified atom stereocenters. The second kappa shape index (κ2) is 10.6. The third-order valence-corrected chi connectivity index (χ3v) is 6.91. The van der Waals surface area contributed by atoms with E-state index in [0.29, 0.717) is 24.6 Å². The first-order valence-corrected chi connectivity index (χ1v) is 12.6. The van der Waals surface area contributed by atoms with Gasteiger partial charge in [-0.25, -0.2) is 0 Å². The van der Waals surface area contributed by atoms with Crippen LogP contribution in [-0.4, -0.2) is 48.6 Å². The van der Waals surface area contributed by atoms with Crippen LogP contribution < -0.4 is 10.1 Å². The summed E-state index contributed by atoms with van der Waals surface area (Å²) in [5.74, 6) is 0.594. The zero-order valence-electron chi connectivity index (χ0n) is 20.7. The van der Waals surface area contributed by atoms with Crippen LogP contribution in [0, 0.1) is 6.92 Å². The molecule has 1 fully saturated rings. The summed E-state index contributed by atoms with van der Waals surface area (Å²) in [7, 11) is 0. The van der Waals surface area contributed by atoms with Gasteiger partial charge in [0.05, 0.1) is 18.4 Å². The maximum Gasteiger partial charge on any atom is 0.290 e. The molecule has 1 aromatic heterocycles. The van der Waals surface area contributed by atoms with E-state index in [1.54, 1.807) is 19.1 Å². The average molecular weight is 489 g/mol. The van der Waals surface area contributed by atoms with Gasteiger partial charge in [-0.2, -0.15) is 0 Å². The summed E-state index contributed by atoms with van der Waals surface area (Å²) in [5, 5.41) is 2.93. The van der Waals surface area contributed by atoms with E-state index in [1.807, 2.05) is 48.2 Å². The molecular formula is C29H32N2O5. The van der Waals surface area contributed by atoms with Crippen molar-refractivity contribution in [1.29, 1.82) is 0 Å². The molecule has 188 valence electrons. The average Bonchev–Trinajstić information content (AvgIpc) is 3.61. The standard InChI is InChI=1S/C29H32N2O5/c1-19-6-3-7-22(16-19)27-25-17-23(36-20(2)28(32)30-18-24-8-4-14-34-24)11-10-21(25)12-13-31(27)29(33)26-9-5-15-35-26/h3,5-7,9-11,15-17,20,24,27H,4,8,12-14,18H2,1-2H3,(H,30,32)/t20-,24+,27-/m1/s1. The normalized spacial score (nSPS) is 20.0. The van der Waals surface area contributed by atoms with Crippen LogP contribution in [0.15, 0.2) is 65.3 Å². The van der Waals surface area contributed by atoms with E-state index in [-0.39, 0.29) is 24.0 Å². The first-order chi connectivity index (χ1) is 17.5. The Morgan fingerprint density at radius 2 is 2.06 bits per heavy atom. The molecule has 2 aromatic carbocycles. The summed E-state index contributed by atoms with van der Waals surface area (Å²) in [4.78, 5) is 27.9. The minimum absolute atomic E-state index is 0.0812. The number of amides is 2. The molecule has 3 heterocycles. The molecule has 2 amide bonds. The molecule has 2 aliphatic rings. The van der Waals surface area contributed by atoms with Crippen LogP contribution in [0.25, 0.3) is 0 Å². The highest BCUT2D eigenvalue weighted by Gasteiger charge is 2.34. The number of benzene rings is 2. The van der Waals surface area contributed by atoms with Crippen molar-refractivity contribution in [2.24, 2.45) is 0 Å². The molecule has 0 radical (unpaired) electrons. The van der Waals surface area contributed by atoms with Crippen LogP contribution in [-0.2, 0) is 16.0 Å². The van der Waals surface area contributed by atoms with Gasteiger partial charge >= 0.3 is 0 Å². The highest BCUT2D eigenvalue weighted by atomic mass is 16.5. The van der Waals surface area contributed by atoms with Crippen LogP contribution in [0.1, 0.15) is 58.6 Å². The highest BCUT2D eigenvalue weighted by Crippen LogP contribution is 2.38. The maximum absolute atomic E-state index is 13.4. The van der Waals surface area contributed by atoms with Gasteiger partial charge in [-0.15, -0.1) is 0 Å². The Labute approximate surface area is 211 Å². The van der Waals surface area contributed by atoms with Crippen molar-refractivity contribution in [2.75, 3.05) is 19.7 Å². The fourth-order valence-electron chi connectivity index (χ4n) is 5.05. The van der Waals surface area contributed by atoms with Crippen molar-refractivity contribution in [3.63, 3.8) is 0 Å². The van der Waals surface area contributed by atoms with E-state index >= 15 is 0 Å². The second-order valence-electron chi connectivity index (χ2n) is 9.54. The van der Waals surface area contributed by atoms with Gasteiger partial charge in [0.25, 0.3) is 11.8 Å². The number of aryl methyl sites for hydroxylation is 1. The third-order valence-electron chi connectivity index (χ3n) is 6.91. The lowest BCUT2D eigenvalue weighted by Crippen LogP contribution is -2.41. The van der Waals surface area contributed by atoms with E-state index in [2.05, 4.69) is 11.4 Å². The Kier molecular flexibility index (Phi) is 7.09. The number of furan rings is 1. The minimum Gasteiger partial charge on any atom is -0.481 e. The number of rotatable bonds is 7. The summed E-state index contributed by atoms with van der Waals surface area (Å²) in [6.07, 6.45) is 3.66. The smallest absolute Gasteiger partial charge is 0.290 e. The number of hydrogen-bond donors (Lipinski definition) is 1. The number of ether oxygens (including phenoxy) is 2. The molecule has 0 spiro atoms. The Balaban J connectivity index is 1.40. The first-order valence-electron chi connectivity index (χ1n) is 12.6. The molecule has 1 N–H and O–H groups in total. The van der Waals surface area contributed by atoms with Crippen LogP contribution in [0.4, 0.5) is 0 Å². The molecule has 3 aromatic rings. The highest BCUT2D eigenvalue weighted by molar-refractivity contribution is 5.92. The molecule has 3 atom stereocenters. The van der Waals surface area contributed by atoms with E-state index in [1.165, 1.54) is 6.26 Å². The van der Waals surface area contributed by atoms with Crippen LogP contribution in [0.5, 0.6) is 5.75 Å². The molecule has 7 nitrogen and oxygen atoms in total. The summed E-state index contributed by atoms with van der Waals surface area (Å²) in [6.45, 7) is 5.62. The fourth-order valence-corrected chi connectivity index (χ4v) is 5.05. The topological polar surface area (TPSA) is 81.0 Å². The van der Waals surface area contributed by atoms with Gasteiger partial charge in [0.15, 0.2) is 11.9 Å². The lowest BCUT2D eigenvalue weighted by atomic mass is 9.87. The Morgan fingerprint density at radius 3 is 2.81 bits per heavy atom. The SMILES string of the molecule is Cc1cccc([C@@H]2c3cc(O[C@H](C)C(=O)NC[C@@H]4CCCO4)ccc3CCN2C(=O)c2ccco2)c1. The summed E-state index contributed by atoms with van der Waals surface area (Å²) in [6, 6.07) is 17.2. The predicted octanol–water partition coefficient (Wildman–Crippen LogP) is 4.44. The van der Waals surface area contributed by atoms with Crippen molar-refractivity contribution in [1.82, 2.24) is 10.2 Å². The monoisotopic (exact) mass is 488 g/mol. The molecule has 0 saturated carbocycles. The van der Waals surface area contributed by atoms with E-state index in [0.717, 1.165) is 48.1 Å². The quantitative estimate of drug-likeness (QED) is 0.532. The zero-order valence-corrected chi connectivity index (χ0v) is 20.7. The number of fused-ring (bicyclic) bond motifs is 1. The van der Waals surface area contributed by atoms with Gasteiger partial charge < -0.3 is 24.1 Å². The van der Waals surface area contributed by atoms with Crippen molar-refractivity contribution < 1.29 is 23.5 Å². The van der Waals surface area contributed by atoms with Crippen LogP contribution >= 0.6 is 0 Å². The van der Waals surface area contributed by atoms with Gasteiger partial charge in [-0.05, 0) is 74.1 Å². The summed E-state index contributed by atoms with van der Waals surface area (Å²) in [5.41, 5.74) is 4.30. The van der Waals surface area contributed by atoms with Crippen molar-refractivity contribution in [3.8, 4) is 5.75 Å². The predicted molar refractivity (Wildman–Crippen MR) is 135 cm³/mol. The number of carbonyl (C=O) groups is 2. The maximum atomic E-state index is 13.4. The van der Waals surface area contributed by atoms with E-state index in [9.17, 15) is 9.59 Å². The second-order valence-corrected chi connectivity index (χ2v) is 9.54. The van der Waals surface area contributed by atoms with Crippen molar-refractivity contribution in [2.45, 2.75) is 51.4 Å². The van der Waals surface area contributed by atoms with Gasteiger partial charge in [-0.1, -0.05) is 35.9 Å². The third kappa shape index (κ3) is 5.16. The van der Waals surface area contributed by atoms with E-state index in [4.69, 9.17) is 13.9 Å². The Hall–Kier alpha value is -3.58. The van der Waals surface area contributed by atoms with Gasteiger partial charge in [0.1, 0.15) is 5.75 Å². The molecule has 0 aliphatic carbocycles. The first kappa shape index (κ1) is 24.1. The van der Waals surface area contributed by atoms with Crippen LogP contribution in [0.3, 0.4) is 0 Å². The lowest BCUT2D eigenvalue weighted by molar-refractivity contribution is -0.127.